The number of nitrogens with one attached hydrogen (secondary N) is 1. The molecule has 1 atom stereocenters. The molecule has 1 aliphatic heterocycles. The van der Waals surface area contributed by atoms with Gasteiger partial charge in [-0.1, -0.05) is 17.7 Å². The summed E-state index contributed by atoms with van der Waals surface area (Å²) in [5, 5.41) is 4.58. The minimum absolute atomic E-state index is 0.0817. The molecule has 0 aliphatic carbocycles. The third kappa shape index (κ3) is 2.37. The summed E-state index contributed by atoms with van der Waals surface area (Å²) in [5.41, 5.74) is 3.34. The molecule has 18 heavy (non-hydrogen) atoms. The van der Waals surface area contributed by atoms with Gasteiger partial charge in [0.1, 0.15) is 6.10 Å². The van der Waals surface area contributed by atoms with Gasteiger partial charge in [0.2, 0.25) is 0 Å². The summed E-state index contributed by atoms with van der Waals surface area (Å²) in [5.74, 6) is 0. The molecular formula is C15H18N2O. The van der Waals surface area contributed by atoms with Crippen LogP contribution >= 0.6 is 0 Å². The second kappa shape index (κ2) is 5.04. The Morgan fingerprint density at radius 3 is 3.17 bits per heavy atom. The van der Waals surface area contributed by atoms with Crippen LogP contribution in [0, 0.1) is 6.92 Å². The minimum Gasteiger partial charge on any atom is -0.371 e. The molecule has 1 aromatic carbocycles. The number of hydrogen-bond donors (Lipinski definition) is 1. The van der Waals surface area contributed by atoms with Crippen LogP contribution in [0.3, 0.4) is 0 Å². The molecule has 0 saturated carbocycles. The highest BCUT2D eigenvalue weighted by Crippen LogP contribution is 2.21. The first-order valence-electron chi connectivity index (χ1n) is 6.52. The van der Waals surface area contributed by atoms with E-state index in [1.54, 1.807) is 0 Å². The standard InChI is InChI=1S/C15H18N2O/c1-11-3-5-13-12(9-11)4-6-14(17-13)15-10-16-7-2-8-18-15/h3-6,9,15-16H,2,7-8,10H2,1H3. The van der Waals surface area contributed by atoms with E-state index in [2.05, 4.69) is 42.6 Å². The minimum atomic E-state index is 0.0817. The van der Waals surface area contributed by atoms with Crippen LogP contribution in [0.5, 0.6) is 0 Å². The van der Waals surface area contributed by atoms with E-state index in [0.717, 1.165) is 37.3 Å². The number of rotatable bonds is 1. The molecule has 1 unspecified atom stereocenters. The number of aromatic nitrogens is 1. The summed E-state index contributed by atoms with van der Waals surface area (Å²) >= 11 is 0. The van der Waals surface area contributed by atoms with Gasteiger partial charge >= 0.3 is 0 Å². The van der Waals surface area contributed by atoms with E-state index < -0.39 is 0 Å². The Labute approximate surface area is 107 Å². The molecule has 0 amide bonds. The van der Waals surface area contributed by atoms with Crippen LogP contribution in [0.4, 0.5) is 0 Å². The quantitative estimate of drug-likeness (QED) is 0.834. The number of hydrogen-bond acceptors (Lipinski definition) is 3. The van der Waals surface area contributed by atoms with Crippen molar-refractivity contribution >= 4 is 10.9 Å². The molecule has 1 N–H and O–H groups in total. The lowest BCUT2D eigenvalue weighted by atomic mass is 10.1. The average molecular weight is 242 g/mol. The summed E-state index contributed by atoms with van der Waals surface area (Å²) < 4.78 is 5.84. The zero-order valence-electron chi connectivity index (χ0n) is 10.6. The average Bonchev–Trinajstić information content (AvgIpc) is 2.67. The van der Waals surface area contributed by atoms with Gasteiger partial charge in [0, 0.05) is 18.5 Å². The monoisotopic (exact) mass is 242 g/mol. The van der Waals surface area contributed by atoms with E-state index in [-0.39, 0.29) is 6.10 Å². The van der Waals surface area contributed by atoms with Crippen molar-refractivity contribution in [3.05, 3.63) is 41.6 Å². The van der Waals surface area contributed by atoms with Crippen molar-refractivity contribution in [3.8, 4) is 0 Å². The first-order chi connectivity index (χ1) is 8.83. The fourth-order valence-electron chi connectivity index (χ4n) is 2.34. The van der Waals surface area contributed by atoms with Gasteiger partial charge in [-0.3, -0.25) is 4.98 Å². The molecule has 1 aliphatic rings. The van der Waals surface area contributed by atoms with Crippen LogP contribution in [-0.2, 0) is 4.74 Å². The van der Waals surface area contributed by atoms with E-state index in [1.807, 2.05) is 0 Å². The van der Waals surface area contributed by atoms with Crippen molar-refractivity contribution in [2.75, 3.05) is 19.7 Å². The van der Waals surface area contributed by atoms with Crippen molar-refractivity contribution in [3.63, 3.8) is 0 Å². The lowest BCUT2D eigenvalue weighted by Crippen LogP contribution is -2.20. The van der Waals surface area contributed by atoms with Crippen molar-refractivity contribution in [2.24, 2.45) is 0 Å². The number of nitrogens with zero attached hydrogens (tertiary/aromatic N) is 1. The summed E-state index contributed by atoms with van der Waals surface area (Å²) in [7, 11) is 0. The van der Waals surface area contributed by atoms with Gasteiger partial charge in [0.05, 0.1) is 11.2 Å². The predicted octanol–water partition coefficient (Wildman–Crippen LogP) is 2.59. The smallest absolute Gasteiger partial charge is 0.112 e. The lowest BCUT2D eigenvalue weighted by Gasteiger charge is -2.15. The molecule has 1 fully saturated rings. The van der Waals surface area contributed by atoms with Gasteiger partial charge < -0.3 is 10.1 Å². The number of benzene rings is 1. The van der Waals surface area contributed by atoms with Crippen LogP contribution in [0.1, 0.15) is 23.8 Å². The van der Waals surface area contributed by atoms with Gasteiger partial charge in [-0.2, -0.15) is 0 Å². The molecule has 3 rings (SSSR count). The van der Waals surface area contributed by atoms with Gasteiger partial charge in [-0.15, -0.1) is 0 Å². The molecule has 3 nitrogen and oxygen atoms in total. The molecule has 3 heteroatoms. The highest BCUT2D eigenvalue weighted by atomic mass is 16.5. The first kappa shape index (κ1) is 11.6. The molecular weight excluding hydrogens is 224 g/mol. The Hall–Kier alpha value is -1.45. The summed E-state index contributed by atoms with van der Waals surface area (Å²) in [6, 6.07) is 10.6. The Bertz CT molecular complexity index is 545. The molecule has 94 valence electrons. The van der Waals surface area contributed by atoms with E-state index in [1.165, 1.54) is 10.9 Å². The summed E-state index contributed by atoms with van der Waals surface area (Å²) in [6.45, 7) is 4.80. The molecule has 2 aromatic rings. The van der Waals surface area contributed by atoms with Crippen molar-refractivity contribution in [1.29, 1.82) is 0 Å². The largest absolute Gasteiger partial charge is 0.371 e. The molecule has 0 spiro atoms. The number of pyridine rings is 1. The second-order valence-corrected chi connectivity index (χ2v) is 4.85. The molecule has 0 radical (unpaired) electrons. The Morgan fingerprint density at radius 2 is 2.22 bits per heavy atom. The second-order valence-electron chi connectivity index (χ2n) is 4.85. The lowest BCUT2D eigenvalue weighted by molar-refractivity contribution is 0.0641. The van der Waals surface area contributed by atoms with Gasteiger partial charge in [0.15, 0.2) is 0 Å². The third-order valence-electron chi connectivity index (χ3n) is 3.34. The summed E-state index contributed by atoms with van der Waals surface area (Å²) in [6.07, 6.45) is 1.15. The molecule has 2 heterocycles. The molecule has 1 saturated heterocycles. The van der Waals surface area contributed by atoms with Crippen LogP contribution < -0.4 is 5.32 Å². The van der Waals surface area contributed by atoms with Gasteiger partial charge in [-0.05, 0) is 38.1 Å². The SMILES string of the molecule is Cc1ccc2nc(C3CNCCCO3)ccc2c1. The predicted molar refractivity (Wildman–Crippen MR) is 72.7 cm³/mol. The van der Waals surface area contributed by atoms with Crippen LogP contribution in [-0.4, -0.2) is 24.7 Å². The topological polar surface area (TPSA) is 34.2 Å². The van der Waals surface area contributed by atoms with Crippen molar-refractivity contribution in [2.45, 2.75) is 19.4 Å². The van der Waals surface area contributed by atoms with Crippen molar-refractivity contribution < 1.29 is 4.74 Å². The molecule has 1 aromatic heterocycles. The van der Waals surface area contributed by atoms with E-state index >= 15 is 0 Å². The Morgan fingerprint density at radius 1 is 1.28 bits per heavy atom. The van der Waals surface area contributed by atoms with Crippen LogP contribution in [0.2, 0.25) is 0 Å². The first-order valence-corrected chi connectivity index (χ1v) is 6.52. The fourth-order valence-corrected chi connectivity index (χ4v) is 2.34. The number of aryl methyl sites for hydroxylation is 1. The van der Waals surface area contributed by atoms with Crippen molar-refractivity contribution in [1.82, 2.24) is 10.3 Å². The Kier molecular flexibility index (Phi) is 3.26. The maximum Gasteiger partial charge on any atom is 0.112 e. The third-order valence-corrected chi connectivity index (χ3v) is 3.34. The number of ether oxygens (including phenoxy) is 1. The zero-order valence-corrected chi connectivity index (χ0v) is 10.6. The van der Waals surface area contributed by atoms with E-state index in [9.17, 15) is 0 Å². The van der Waals surface area contributed by atoms with E-state index in [0.29, 0.717) is 0 Å². The van der Waals surface area contributed by atoms with E-state index in [4.69, 9.17) is 9.72 Å². The Balaban J connectivity index is 1.94. The maximum atomic E-state index is 5.84. The van der Waals surface area contributed by atoms with Crippen LogP contribution in [0.25, 0.3) is 10.9 Å². The highest BCUT2D eigenvalue weighted by Gasteiger charge is 2.16. The normalized spacial score (nSPS) is 20.8. The number of fused-ring (bicyclic) bond motifs is 1. The van der Waals surface area contributed by atoms with Gasteiger partial charge in [0.25, 0.3) is 0 Å². The fraction of sp³-hybridized carbons (Fsp3) is 0.400. The summed E-state index contributed by atoms with van der Waals surface area (Å²) in [4.78, 5) is 4.72. The van der Waals surface area contributed by atoms with Gasteiger partial charge in [-0.25, -0.2) is 0 Å². The van der Waals surface area contributed by atoms with Crippen LogP contribution in [0.15, 0.2) is 30.3 Å². The maximum absolute atomic E-state index is 5.84. The highest BCUT2D eigenvalue weighted by molar-refractivity contribution is 5.79. The molecule has 0 bridgehead atoms. The zero-order chi connectivity index (χ0) is 12.4.